The first-order chi connectivity index (χ1) is 12.1. The molecule has 0 saturated carbocycles. The molecule has 25 heavy (non-hydrogen) atoms. The Bertz CT molecular complexity index is 874. The van der Waals surface area contributed by atoms with Gasteiger partial charge in [-0.05, 0) is 30.3 Å². The van der Waals surface area contributed by atoms with Gasteiger partial charge in [-0.2, -0.15) is 0 Å². The van der Waals surface area contributed by atoms with Crippen LogP contribution >= 0.6 is 11.6 Å². The molecule has 0 bridgehead atoms. The zero-order valence-corrected chi connectivity index (χ0v) is 14.7. The lowest BCUT2D eigenvalue weighted by Crippen LogP contribution is -2.31. The van der Waals surface area contributed by atoms with Crippen LogP contribution in [0.4, 0.5) is 0 Å². The largest absolute Gasteiger partial charge is 0.496 e. The van der Waals surface area contributed by atoms with Gasteiger partial charge in [0.15, 0.2) is 0 Å². The van der Waals surface area contributed by atoms with Gasteiger partial charge in [-0.3, -0.25) is 4.79 Å². The Morgan fingerprint density at radius 3 is 2.56 bits per heavy atom. The van der Waals surface area contributed by atoms with Crippen LogP contribution in [0.5, 0.6) is 5.75 Å². The minimum atomic E-state index is -0.445. The van der Waals surface area contributed by atoms with Gasteiger partial charge in [0.05, 0.1) is 7.11 Å². The maximum Gasteiger partial charge on any atom is 0.252 e. The SMILES string of the molecule is COc1ccccc1[C@@H](NC(=O)c1ccc(Cl)cc1)c1nccn1C. The van der Waals surface area contributed by atoms with E-state index in [9.17, 15) is 4.79 Å². The summed E-state index contributed by atoms with van der Waals surface area (Å²) >= 11 is 5.90. The average molecular weight is 356 g/mol. The number of carbonyl (C=O) groups is 1. The van der Waals surface area contributed by atoms with Gasteiger partial charge in [0.2, 0.25) is 0 Å². The number of nitrogens with zero attached hydrogens (tertiary/aromatic N) is 2. The Morgan fingerprint density at radius 1 is 1.20 bits per heavy atom. The molecule has 1 amide bonds. The van der Waals surface area contributed by atoms with E-state index in [2.05, 4.69) is 10.3 Å². The summed E-state index contributed by atoms with van der Waals surface area (Å²) in [4.78, 5) is 17.1. The molecule has 1 aromatic heterocycles. The second-order valence-electron chi connectivity index (χ2n) is 5.55. The number of carbonyl (C=O) groups excluding carboxylic acids is 1. The summed E-state index contributed by atoms with van der Waals surface area (Å²) in [6.07, 6.45) is 3.54. The second kappa shape index (κ2) is 7.40. The number of aromatic nitrogens is 2. The molecule has 3 rings (SSSR count). The van der Waals surface area contributed by atoms with Crippen molar-refractivity contribution in [3.05, 3.63) is 82.9 Å². The molecule has 3 aromatic rings. The Labute approximate surface area is 151 Å². The lowest BCUT2D eigenvalue weighted by molar-refractivity contribution is 0.0941. The summed E-state index contributed by atoms with van der Waals surface area (Å²) in [5, 5.41) is 3.63. The minimum absolute atomic E-state index is 0.212. The first-order valence-electron chi connectivity index (χ1n) is 7.76. The summed E-state index contributed by atoms with van der Waals surface area (Å²) in [5.41, 5.74) is 1.36. The predicted octanol–water partition coefficient (Wildman–Crippen LogP) is 3.60. The van der Waals surface area contributed by atoms with E-state index in [0.717, 1.165) is 5.56 Å². The number of imidazole rings is 1. The van der Waals surface area contributed by atoms with Crippen molar-refractivity contribution in [1.82, 2.24) is 14.9 Å². The summed E-state index contributed by atoms with van der Waals surface area (Å²) in [5.74, 6) is 1.19. The highest BCUT2D eigenvalue weighted by molar-refractivity contribution is 6.30. The van der Waals surface area contributed by atoms with Gasteiger partial charge in [0, 0.05) is 35.6 Å². The molecule has 6 heteroatoms. The first kappa shape index (κ1) is 17.0. The molecule has 0 aliphatic heterocycles. The quantitative estimate of drug-likeness (QED) is 0.760. The molecule has 128 valence electrons. The maximum absolute atomic E-state index is 12.7. The van der Waals surface area contributed by atoms with Gasteiger partial charge in [0.1, 0.15) is 17.6 Å². The minimum Gasteiger partial charge on any atom is -0.496 e. The molecule has 1 N–H and O–H groups in total. The summed E-state index contributed by atoms with van der Waals surface area (Å²) < 4.78 is 7.34. The van der Waals surface area contributed by atoms with Crippen molar-refractivity contribution in [2.45, 2.75) is 6.04 Å². The van der Waals surface area contributed by atoms with Crippen LogP contribution in [0.2, 0.25) is 5.02 Å². The number of hydrogen-bond donors (Lipinski definition) is 1. The van der Waals surface area contributed by atoms with Gasteiger partial charge in [-0.15, -0.1) is 0 Å². The molecule has 0 radical (unpaired) electrons. The second-order valence-corrected chi connectivity index (χ2v) is 5.99. The first-order valence-corrected chi connectivity index (χ1v) is 8.14. The molecule has 0 spiro atoms. The van der Waals surface area contributed by atoms with E-state index in [4.69, 9.17) is 16.3 Å². The number of para-hydroxylation sites is 1. The fourth-order valence-corrected chi connectivity index (χ4v) is 2.78. The lowest BCUT2D eigenvalue weighted by Gasteiger charge is -2.21. The van der Waals surface area contributed by atoms with Gasteiger partial charge < -0.3 is 14.6 Å². The van der Waals surface area contributed by atoms with Crippen LogP contribution in [-0.2, 0) is 7.05 Å². The predicted molar refractivity (Wildman–Crippen MR) is 97.0 cm³/mol. The Hall–Kier alpha value is -2.79. The van der Waals surface area contributed by atoms with Crippen molar-refractivity contribution in [1.29, 1.82) is 0 Å². The van der Waals surface area contributed by atoms with Crippen LogP contribution in [0.15, 0.2) is 60.9 Å². The van der Waals surface area contributed by atoms with Crippen LogP contribution in [0.1, 0.15) is 27.8 Å². The molecule has 0 saturated heterocycles. The Balaban J connectivity index is 1.99. The summed E-state index contributed by atoms with van der Waals surface area (Å²) in [6.45, 7) is 0. The van der Waals surface area contributed by atoms with Gasteiger partial charge in [0.25, 0.3) is 5.91 Å². The third-order valence-corrected chi connectivity index (χ3v) is 4.20. The van der Waals surface area contributed by atoms with Crippen LogP contribution < -0.4 is 10.1 Å². The number of aryl methyl sites for hydroxylation is 1. The van der Waals surface area contributed by atoms with Crippen LogP contribution in [0.25, 0.3) is 0 Å². The fourth-order valence-electron chi connectivity index (χ4n) is 2.66. The fraction of sp³-hybridized carbons (Fsp3) is 0.158. The van der Waals surface area contributed by atoms with E-state index in [-0.39, 0.29) is 5.91 Å². The van der Waals surface area contributed by atoms with E-state index in [1.807, 2.05) is 42.1 Å². The molecule has 0 aliphatic carbocycles. The number of nitrogens with one attached hydrogen (secondary N) is 1. The summed E-state index contributed by atoms with van der Waals surface area (Å²) in [7, 11) is 3.49. The third kappa shape index (κ3) is 3.67. The number of hydrogen-bond acceptors (Lipinski definition) is 3. The molecular weight excluding hydrogens is 338 g/mol. The molecule has 0 unspecified atom stereocenters. The number of benzene rings is 2. The number of amides is 1. The van der Waals surface area contributed by atoms with E-state index in [1.54, 1.807) is 37.6 Å². The molecular formula is C19H18ClN3O2. The van der Waals surface area contributed by atoms with Crippen molar-refractivity contribution >= 4 is 17.5 Å². The monoisotopic (exact) mass is 355 g/mol. The Morgan fingerprint density at radius 2 is 1.92 bits per heavy atom. The van der Waals surface area contributed by atoms with Gasteiger partial charge >= 0.3 is 0 Å². The summed E-state index contributed by atoms with van der Waals surface area (Å²) in [6, 6.07) is 13.9. The number of halogens is 1. The van der Waals surface area contributed by atoms with Gasteiger partial charge in [-0.25, -0.2) is 4.98 Å². The zero-order valence-electron chi connectivity index (χ0n) is 13.9. The zero-order chi connectivity index (χ0) is 17.8. The Kier molecular flexibility index (Phi) is 5.05. The highest BCUT2D eigenvalue weighted by Crippen LogP contribution is 2.29. The van der Waals surface area contributed by atoms with Crippen molar-refractivity contribution in [3.8, 4) is 5.75 Å². The standard InChI is InChI=1S/C19H18ClN3O2/c1-23-12-11-21-18(23)17(15-5-3-4-6-16(15)25-2)22-19(24)13-7-9-14(20)10-8-13/h3-12,17H,1-2H3,(H,22,24)/t17-/m1/s1. The highest BCUT2D eigenvalue weighted by Gasteiger charge is 2.24. The normalized spacial score (nSPS) is 11.8. The van der Waals surface area contributed by atoms with Crippen LogP contribution in [0, 0.1) is 0 Å². The molecule has 0 fully saturated rings. The van der Waals surface area contributed by atoms with Crippen molar-refractivity contribution in [2.24, 2.45) is 7.05 Å². The lowest BCUT2D eigenvalue weighted by atomic mass is 10.0. The molecule has 2 aromatic carbocycles. The third-order valence-electron chi connectivity index (χ3n) is 3.95. The van der Waals surface area contributed by atoms with E-state index in [0.29, 0.717) is 22.2 Å². The molecule has 1 heterocycles. The molecule has 0 aliphatic rings. The van der Waals surface area contributed by atoms with Gasteiger partial charge in [-0.1, -0.05) is 29.8 Å². The van der Waals surface area contributed by atoms with Crippen molar-refractivity contribution in [3.63, 3.8) is 0 Å². The maximum atomic E-state index is 12.7. The van der Waals surface area contributed by atoms with E-state index >= 15 is 0 Å². The highest BCUT2D eigenvalue weighted by atomic mass is 35.5. The van der Waals surface area contributed by atoms with E-state index in [1.165, 1.54) is 0 Å². The van der Waals surface area contributed by atoms with Crippen molar-refractivity contribution in [2.75, 3.05) is 7.11 Å². The number of methoxy groups -OCH3 is 1. The van der Waals surface area contributed by atoms with Crippen LogP contribution in [0.3, 0.4) is 0 Å². The number of rotatable bonds is 5. The number of ether oxygens (including phenoxy) is 1. The van der Waals surface area contributed by atoms with Crippen molar-refractivity contribution < 1.29 is 9.53 Å². The van der Waals surface area contributed by atoms with E-state index < -0.39 is 6.04 Å². The van der Waals surface area contributed by atoms with Crippen LogP contribution in [-0.4, -0.2) is 22.6 Å². The molecule has 5 nitrogen and oxygen atoms in total. The average Bonchev–Trinajstić information content (AvgIpc) is 3.06. The molecule has 1 atom stereocenters. The topological polar surface area (TPSA) is 56.1 Å². The smallest absolute Gasteiger partial charge is 0.252 e.